The van der Waals surface area contributed by atoms with Crippen LogP contribution < -0.4 is 4.72 Å². The number of sulfonamides is 1. The molecule has 9 heteroatoms. The van der Waals surface area contributed by atoms with Crippen LogP contribution in [0.4, 0.5) is 5.69 Å². The van der Waals surface area contributed by atoms with Gasteiger partial charge in [0.05, 0.1) is 21.8 Å². The Kier molecular flexibility index (Phi) is 4.42. The van der Waals surface area contributed by atoms with Crippen molar-refractivity contribution in [3.8, 4) is 11.8 Å². The predicted octanol–water partition coefficient (Wildman–Crippen LogP) is 0.738. The first-order valence-electron chi connectivity index (χ1n) is 5.14. The minimum atomic E-state index is -3.95. The molecule has 1 unspecified atom stereocenters. The third-order valence-corrected chi connectivity index (χ3v) is 3.68. The molecular formula is C10H11N3O5S. The minimum absolute atomic E-state index is 0.104. The molecule has 102 valence electrons. The number of rotatable bonds is 5. The summed E-state index contributed by atoms with van der Waals surface area (Å²) in [5.74, 6) is -1.14. The van der Waals surface area contributed by atoms with E-state index < -0.39 is 32.3 Å². The van der Waals surface area contributed by atoms with Gasteiger partial charge in [-0.1, -0.05) is 0 Å². The second-order valence-corrected chi connectivity index (χ2v) is 5.56. The standard InChI is InChI=1S/C10H11N3O5S/c1-7(5-11)6-12-19(17,18)8-2-3-10(14)9(4-8)13(15)16/h2-4,7,12,14H,6H2,1H3. The summed E-state index contributed by atoms with van der Waals surface area (Å²) in [7, 11) is -3.95. The third kappa shape index (κ3) is 3.64. The highest BCUT2D eigenvalue weighted by Crippen LogP contribution is 2.28. The van der Waals surface area contributed by atoms with E-state index in [1.54, 1.807) is 0 Å². The van der Waals surface area contributed by atoms with Crippen LogP contribution in [0.3, 0.4) is 0 Å². The third-order valence-electron chi connectivity index (χ3n) is 2.25. The highest BCUT2D eigenvalue weighted by atomic mass is 32.2. The lowest BCUT2D eigenvalue weighted by molar-refractivity contribution is -0.386. The monoisotopic (exact) mass is 285 g/mol. The van der Waals surface area contributed by atoms with Crippen molar-refractivity contribution in [2.24, 2.45) is 5.92 Å². The molecule has 0 aromatic heterocycles. The molecular weight excluding hydrogens is 274 g/mol. The lowest BCUT2D eigenvalue weighted by Crippen LogP contribution is -2.28. The maximum atomic E-state index is 11.8. The lowest BCUT2D eigenvalue weighted by Gasteiger charge is -2.07. The fourth-order valence-corrected chi connectivity index (χ4v) is 2.33. The van der Waals surface area contributed by atoms with Crippen LogP contribution in [0, 0.1) is 27.4 Å². The normalized spacial score (nSPS) is 12.6. The van der Waals surface area contributed by atoms with E-state index in [9.17, 15) is 23.6 Å². The van der Waals surface area contributed by atoms with Crippen LogP contribution in [0.1, 0.15) is 6.92 Å². The Hall–Kier alpha value is -2.18. The van der Waals surface area contributed by atoms with Gasteiger partial charge >= 0.3 is 5.69 Å². The zero-order valence-electron chi connectivity index (χ0n) is 9.90. The molecule has 0 fully saturated rings. The predicted molar refractivity (Wildman–Crippen MR) is 64.7 cm³/mol. The number of nitro groups is 1. The quantitative estimate of drug-likeness (QED) is 0.605. The van der Waals surface area contributed by atoms with Crippen molar-refractivity contribution in [3.05, 3.63) is 28.3 Å². The molecule has 0 aliphatic carbocycles. The maximum Gasteiger partial charge on any atom is 0.312 e. The first-order valence-corrected chi connectivity index (χ1v) is 6.63. The van der Waals surface area contributed by atoms with E-state index in [0.717, 1.165) is 18.2 Å². The van der Waals surface area contributed by atoms with Crippen LogP contribution in [0.2, 0.25) is 0 Å². The van der Waals surface area contributed by atoms with Crippen molar-refractivity contribution in [1.29, 1.82) is 5.26 Å². The molecule has 0 aliphatic rings. The van der Waals surface area contributed by atoms with E-state index in [2.05, 4.69) is 4.72 Å². The van der Waals surface area contributed by atoms with Crippen LogP contribution in [0.5, 0.6) is 5.75 Å². The number of phenolic OH excluding ortho intramolecular Hbond substituents is 1. The molecule has 0 radical (unpaired) electrons. The van der Waals surface area contributed by atoms with E-state index in [1.165, 1.54) is 6.92 Å². The molecule has 0 saturated carbocycles. The Labute approximate surface area is 109 Å². The van der Waals surface area contributed by atoms with Crippen molar-refractivity contribution < 1.29 is 18.4 Å². The molecule has 1 aromatic carbocycles. The Morgan fingerprint density at radius 3 is 2.74 bits per heavy atom. The summed E-state index contributed by atoms with van der Waals surface area (Å²) in [6.45, 7) is 1.43. The van der Waals surface area contributed by atoms with Gasteiger partial charge in [0.2, 0.25) is 10.0 Å². The van der Waals surface area contributed by atoms with Crippen molar-refractivity contribution in [3.63, 3.8) is 0 Å². The summed E-state index contributed by atoms with van der Waals surface area (Å²) >= 11 is 0. The van der Waals surface area contributed by atoms with Crippen LogP contribution in [0.15, 0.2) is 23.1 Å². The van der Waals surface area contributed by atoms with Crippen molar-refractivity contribution in [2.75, 3.05) is 6.54 Å². The largest absolute Gasteiger partial charge is 0.502 e. The number of hydrogen-bond donors (Lipinski definition) is 2. The molecule has 0 spiro atoms. The van der Waals surface area contributed by atoms with Gasteiger partial charge in [-0.05, 0) is 19.1 Å². The van der Waals surface area contributed by atoms with Gasteiger partial charge in [-0.2, -0.15) is 5.26 Å². The van der Waals surface area contributed by atoms with Crippen molar-refractivity contribution in [1.82, 2.24) is 4.72 Å². The van der Waals surface area contributed by atoms with Gasteiger partial charge < -0.3 is 5.11 Å². The van der Waals surface area contributed by atoms with Crippen LogP contribution in [-0.2, 0) is 10.0 Å². The zero-order valence-corrected chi connectivity index (χ0v) is 10.7. The first kappa shape index (κ1) is 14.9. The lowest BCUT2D eigenvalue weighted by atomic mass is 10.2. The summed E-state index contributed by atoms with van der Waals surface area (Å²) in [6, 6.07) is 4.59. The Bertz CT molecular complexity index is 635. The summed E-state index contributed by atoms with van der Waals surface area (Å²) < 4.78 is 25.8. The van der Waals surface area contributed by atoms with E-state index in [4.69, 9.17) is 5.26 Å². The molecule has 2 N–H and O–H groups in total. The molecule has 8 nitrogen and oxygen atoms in total. The Balaban J connectivity index is 3.06. The Morgan fingerprint density at radius 2 is 2.21 bits per heavy atom. The van der Waals surface area contributed by atoms with Crippen LogP contribution in [-0.4, -0.2) is 25.0 Å². The second-order valence-electron chi connectivity index (χ2n) is 3.79. The summed E-state index contributed by atoms with van der Waals surface area (Å²) in [5.41, 5.74) is -0.698. The highest BCUT2D eigenvalue weighted by molar-refractivity contribution is 7.89. The fourth-order valence-electron chi connectivity index (χ4n) is 1.18. The van der Waals surface area contributed by atoms with Gasteiger partial charge in [0, 0.05) is 12.6 Å². The average Bonchev–Trinajstić information content (AvgIpc) is 2.35. The first-order chi connectivity index (χ1) is 8.77. The minimum Gasteiger partial charge on any atom is -0.502 e. The average molecular weight is 285 g/mol. The molecule has 0 aliphatic heterocycles. The number of benzene rings is 1. The number of nitrogens with one attached hydrogen (secondary N) is 1. The van der Waals surface area contributed by atoms with Gasteiger partial charge in [0.15, 0.2) is 5.75 Å². The number of nitriles is 1. The fraction of sp³-hybridized carbons (Fsp3) is 0.300. The van der Waals surface area contributed by atoms with Gasteiger partial charge in [-0.15, -0.1) is 0 Å². The van der Waals surface area contributed by atoms with Crippen LogP contribution >= 0.6 is 0 Å². The SMILES string of the molecule is CC(C#N)CNS(=O)(=O)c1ccc(O)c([N+](=O)[O-])c1. The summed E-state index contributed by atoms with van der Waals surface area (Å²) in [6.07, 6.45) is 0. The number of hydrogen-bond acceptors (Lipinski definition) is 6. The van der Waals surface area contributed by atoms with Crippen molar-refractivity contribution >= 4 is 15.7 Å². The number of phenols is 1. The molecule has 0 bridgehead atoms. The van der Waals surface area contributed by atoms with Crippen LogP contribution in [0.25, 0.3) is 0 Å². The Morgan fingerprint density at radius 1 is 1.58 bits per heavy atom. The van der Waals surface area contributed by atoms with Gasteiger partial charge in [0.1, 0.15) is 0 Å². The van der Waals surface area contributed by atoms with E-state index in [0.29, 0.717) is 0 Å². The summed E-state index contributed by atoms with van der Waals surface area (Å²) in [4.78, 5) is 9.37. The number of nitro benzene ring substituents is 1. The smallest absolute Gasteiger partial charge is 0.312 e. The van der Waals surface area contributed by atoms with Gasteiger partial charge in [-0.25, -0.2) is 13.1 Å². The number of aromatic hydroxyl groups is 1. The molecule has 1 rings (SSSR count). The molecule has 1 aromatic rings. The number of nitrogens with zero attached hydrogens (tertiary/aromatic N) is 2. The zero-order chi connectivity index (χ0) is 14.6. The highest BCUT2D eigenvalue weighted by Gasteiger charge is 2.21. The molecule has 19 heavy (non-hydrogen) atoms. The molecule has 0 saturated heterocycles. The molecule has 0 amide bonds. The topological polar surface area (TPSA) is 133 Å². The molecule has 0 heterocycles. The van der Waals surface area contributed by atoms with E-state index >= 15 is 0 Å². The second kappa shape index (κ2) is 5.64. The summed E-state index contributed by atoms with van der Waals surface area (Å²) in [5, 5.41) is 28.4. The van der Waals surface area contributed by atoms with Gasteiger partial charge in [-0.3, -0.25) is 10.1 Å². The van der Waals surface area contributed by atoms with E-state index in [-0.39, 0.29) is 11.4 Å². The molecule has 1 atom stereocenters. The van der Waals surface area contributed by atoms with Crippen molar-refractivity contribution in [2.45, 2.75) is 11.8 Å². The maximum absolute atomic E-state index is 11.8. The van der Waals surface area contributed by atoms with Gasteiger partial charge in [0.25, 0.3) is 0 Å². The van der Waals surface area contributed by atoms with E-state index in [1.807, 2.05) is 6.07 Å².